The number of aryl methyl sites for hydroxylation is 1. The van der Waals surface area contributed by atoms with Crippen molar-refractivity contribution in [3.8, 4) is 6.19 Å². The molecule has 0 saturated carbocycles. The van der Waals surface area contributed by atoms with Gasteiger partial charge in [0.2, 0.25) is 5.96 Å². The average Bonchev–Trinajstić information content (AvgIpc) is 3.12. The van der Waals surface area contributed by atoms with Crippen molar-refractivity contribution in [2.24, 2.45) is 4.99 Å². The molecule has 0 spiro atoms. The summed E-state index contributed by atoms with van der Waals surface area (Å²) < 4.78 is 0. The van der Waals surface area contributed by atoms with Crippen molar-refractivity contribution in [2.75, 3.05) is 31.6 Å². The molecule has 0 fully saturated rings. The molecule has 2 aromatic rings. The molecule has 0 aliphatic rings. The molecule has 0 aliphatic heterocycles. The van der Waals surface area contributed by atoms with Gasteiger partial charge < -0.3 is 15.2 Å². The molecule has 25 heavy (non-hydrogen) atoms. The first kappa shape index (κ1) is 18.3. The van der Waals surface area contributed by atoms with E-state index in [1.54, 1.807) is 12.5 Å². The lowest BCUT2D eigenvalue weighted by molar-refractivity contribution is 0.770. The fraction of sp³-hybridized carbons (Fsp3) is 0.412. The summed E-state index contributed by atoms with van der Waals surface area (Å²) in [5.74, 6) is 1.45. The van der Waals surface area contributed by atoms with Crippen LogP contribution < -0.4 is 15.5 Å². The fourth-order valence-electron chi connectivity index (χ4n) is 2.23. The summed E-state index contributed by atoms with van der Waals surface area (Å²) in [7, 11) is 2.01. The van der Waals surface area contributed by atoms with Crippen LogP contribution in [-0.4, -0.2) is 47.6 Å². The monoisotopic (exact) mass is 340 g/mol. The number of anilines is 1. The highest BCUT2D eigenvalue weighted by atomic mass is 15.2. The molecule has 132 valence electrons. The van der Waals surface area contributed by atoms with E-state index in [4.69, 9.17) is 5.26 Å². The largest absolute Gasteiger partial charge is 0.360 e. The number of hydrogen-bond acceptors (Lipinski definition) is 5. The second-order valence-corrected chi connectivity index (χ2v) is 5.69. The lowest BCUT2D eigenvalue weighted by Crippen LogP contribution is -2.36. The van der Waals surface area contributed by atoms with Gasteiger partial charge in [-0.1, -0.05) is 6.07 Å². The number of nitrogens with one attached hydrogen (secondary N) is 3. The molecule has 0 saturated heterocycles. The van der Waals surface area contributed by atoms with Crippen molar-refractivity contribution in [3.63, 3.8) is 0 Å². The van der Waals surface area contributed by atoms with Gasteiger partial charge in [-0.3, -0.25) is 10.3 Å². The van der Waals surface area contributed by atoms with E-state index >= 15 is 0 Å². The van der Waals surface area contributed by atoms with Crippen molar-refractivity contribution in [2.45, 2.75) is 19.8 Å². The Morgan fingerprint density at radius 1 is 1.40 bits per heavy atom. The number of guanidine groups is 1. The van der Waals surface area contributed by atoms with E-state index in [0.29, 0.717) is 19.0 Å². The topological polar surface area (TPSA) is 105 Å². The molecule has 0 radical (unpaired) electrons. The second kappa shape index (κ2) is 9.93. The summed E-state index contributed by atoms with van der Waals surface area (Å²) in [6.07, 6.45) is 8.86. The first-order valence-electron chi connectivity index (χ1n) is 8.23. The van der Waals surface area contributed by atoms with Crippen LogP contribution in [0.5, 0.6) is 0 Å². The highest BCUT2D eigenvalue weighted by Gasteiger charge is 2.02. The van der Waals surface area contributed by atoms with Gasteiger partial charge in [0, 0.05) is 51.2 Å². The summed E-state index contributed by atoms with van der Waals surface area (Å²) >= 11 is 0. The van der Waals surface area contributed by atoms with Crippen LogP contribution in [0.25, 0.3) is 0 Å². The Labute approximate surface area is 148 Å². The number of hydrogen-bond donors (Lipinski definition) is 3. The number of aliphatic imine (C=N–C) groups is 1. The Morgan fingerprint density at radius 3 is 2.96 bits per heavy atom. The van der Waals surface area contributed by atoms with Gasteiger partial charge >= 0.3 is 0 Å². The molecule has 2 aromatic heterocycles. The van der Waals surface area contributed by atoms with E-state index in [2.05, 4.69) is 41.5 Å². The molecule has 2 heterocycles. The molecular formula is C17H24N8. The maximum absolute atomic E-state index is 8.82. The van der Waals surface area contributed by atoms with E-state index in [1.165, 1.54) is 0 Å². The van der Waals surface area contributed by atoms with E-state index in [-0.39, 0.29) is 0 Å². The van der Waals surface area contributed by atoms with Crippen molar-refractivity contribution < 1.29 is 0 Å². The Hall–Kier alpha value is -3.08. The molecule has 8 nitrogen and oxygen atoms in total. The Morgan fingerprint density at radius 2 is 2.28 bits per heavy atom. The smallest absolute Gasteiger partial charge is 0.204 e. The molecule has 0 aliphatic carbocycles. The molecule has 8 heteroatoms. The minimum Gasteiger partial charge on any atom is -0.360 e. The highest BCUT2D eigenvalue weighted by molar-refractivity contribution is 5.81. The van der Waals surface area contributed by atoms with Crippen LogP contribution >= 0.6 is 0 Å². The molecule has 0 unspecified atom stereocenters. The molecule has 3 N–H and O–H groups in total. The van der Waals surface area contributed by atoms with Gasteiger partial charge in [-0.05, 0) is 25.0 Å². The number of aromatic nitrogens is 3. The lowest BCUT2D eigenvalue weighted by Gasteiger charge is -2.17. The third-order valence-electron chi connectivity index (χ3n) is 3.62. The summed E-state index contributed by atoms with van der Waals surface area (Å²) in [6, 6.07) is 4.06. The van der Waals surface area contributed by atoms with Crippen LogP contribution in [0.1, 0.15) is 17.7 Å². The van der Waals surface area contributed by atoms with E-state index < -0.39 is 0 Å². The van der Waals surface area contributed by atoms with Crippen molar-refractivity contribution in [3.05, 3.63) is 42.1 Å². The number of imidazole rings is 1. The molecule has 0 atom stereocenters. The number of pyridine rings is 1. The van der Waals surface area contributed by atoms with Gasteiger partial charge in [-0.25, -0.2) is 9.97 Å². The Kier molecular flexibility index (Phi) is 7.25. The van der Waals surface area contributed by atoms with Crippen molar-refractivity contribution in [1.29, 1.82) is 5.26 Å². The van der Waals surface area contributed by atoms with Crippen LogP contribution in [0.3, 0.4) is 0 Å². The van der Waals surface area contributed by atoms with Gasteiger partial charge in [0.05, 0.1) is 6.33 Å². The SMILES string of the molecule is Cc1ccc(N(C)CCCN=C(NC#N)NCCc2cnc[nH]2)nc1. The summed E-state index contributed by atoms with van der Waals surface area (Å²) in [5.41, 5.74) is 2.19. The predicted octanol–water partition coefficient (Wildman–Crippen LogP) is 1.20. The van der Waals surface area contributed by atoms with Crippen LogP contribution in [0.4, 0.5) is 5.82 Å². The minimum atomic E-state index is 0.498. The molecular weight excluding hydrogens is 316 g/mol. The zero-order chi connectivity index (χ0) is 17.9. The lowest BCUT2D eigenvalue weighted by atomic mass is 10.3. The number of rotatable bonds is 8. The second-order valence-electron chi connectivity index (χ2n) is 5.69. The Balaban J connectivity index is 1.72. The third-order valence-corrected chi connectivity index (χ3v) is 3.62. The van der Waals surface area contributed by atoms with Crippen molar-refractivity contribution in [1.82, 2.24) is 25.6 Å². The standard InChI is InChI=1S/C17H24N8/c1-14-4-5-16(22-10-14)25(2)9-3-7-20-17(23-12-18)21-8-6-15-11-19-13-24-15/h4-5,10-11,13H,3,6-9H2,1-2H3,(H,19,24)(H2,20,21,23). The number of nitriles is 1. The van der Waals surface area contributed by atoms with Gasteiger partial charge in [0.15, 0.2) is 6.19 Å². The molecule has 0 aromatic carbocycles. The zero-order valence-corrected chi connectivity index (χ0v) is 14.7. The molecule has 2 rings (SSSR count). The first-order chi connectivity index (χ1) is 12.2. The van der Waals surface area contributed by atoms with Crippen LogP contribution in [0.15, 0.2) is 35.8 Å². The third kappa shape index (κ3) is 6.51. The van der Waals surface area contributed by atoms with Gasteiger partial charge in [0.1, 0.15) is 5.82 Å². The number of nitrogens with zero attached hydrogens (tertiary/aromatic N) is 5. The van der Waals surface area contributed by atoms with Crippen LogP contribution in [0, 0.1) is 18.4 Å². The van der Waals surface area contributed by atoms with Crippen molar-refractivity contribution >= 4 is 11.8 Å². The highest BCUT2D eigenvalue weighted by Crippen LogP contribution is 2.09. The first-order valence-corrected chi connectivity index (χ1v) is 8.23. The van der Waals surface area contributed by atoms with Crippen LogP contribution in [0.2, 0.25) is 0 Å². The average molecular weight is 340 g/mol. The molecule has 0 amide bonds. The van der Waals surface area contributed by atoms with E-state index in [9.17, 15) is 0 Å². The van der Waals surface area contributed by atoms with E-state index in [1.807, 2.05) is 32.4 Å². The zero-order valence-electron chi connectivity index (χ0n) is 14.7. The normalized spacial score (nSPS) is 11.0. The number of aromatic amines is 1. The molecule has 0 bridgehead atoms. The van der Waals surface area contributed by atoms with E-state index in [0.717, 1.165) is 36.5 Å². The fourth-order valence-corrected chi connectivity index (χ4v) is 2.23. The number of H-pyrrole nitrogens is 1. The maximum atomic E-state index is 8.82. The van der Waals surface area contributed by atoms with Gasteiger partial charge in [0.25, 0.3) is 0 Å². The van der Waals surface area contributed by atoms with Gasteiger partial charge in [-0.15, -0.1) is 0 Å². The quantitative estimate of drug-likeness (QED) is 0.219. The summed E-state index contributed by atoms with van der Waals surface area (Å²) in [4.78, 5) is 17.9. The van der Waals surface area contributed by atoms with Gasteiger partial charge in [-0.2, -0.15) is 5.26 Å². The maximum Gasteiger partial charge on any atom is 0.204 e. The summed E-state index contributed by atoms with van der Waals surface area (Å²) in [5, 5.41) is 14.5. The Bertz CT molecular complexity index is 684. The summed E-state index contributed by atoms with van der Waals surface area (Å²) in [6.45, 7) is 4.16. The predicted molar refractivity (Wildman–Crippen MR) is 98.2 cm³/mol. The minimum absolute atomic E-state index is 0.498. The van der Waals surface area contributed by atoms with Crippen LogP contribution in [-0.2, 0) is 6.42 Å².